The molecule has 2 aromatic rings. The van der Waals surface area contributed by atoms with E-state index in [2.05, 4.69) is 54.6 Å². The maximum Gasteiger partial charge on any atom is 0.122 e. The van der Waals surface area contributed by atoms with Gasteiger partial charge < -0.3 is 19.0 Å². The fraction of sp³-hybridized carbons (Fsp3) is 0.462. The monoisotopic (exact) mass is 421 g/mol. The van der Waals surface area contributed by atoms with Crippen molar-refractivity contribution in [1.82, 2.24) is 9.47 Å². The van der Waals surface area contributed by atoms with Crippen LogP contribution in [0, 0.1) is 18.3 Å². The zero-order chi connectivity index (χ0) is 22.8. The minimum atomic E-state index is 0.439. The molecule has 5 nitrogen and oxygen atoms in total. The topological polar surface area (TPSA) is 58.3 Å². The minimum Gasteiger partial charge on any atom is -0.496 e. The highest BCUT2D eigenvalue weighted by Crippen LogP contribution is 2.28. The molecule has 0 radical (unpaired) electrons. The summed E-state index contributed by atoms with van der Waals surface area (Å²) in [5, 5.41) is 9.13. The first-order valence-electron chi connectivity index (χ1n) is 10.9. The molecule has 31 heavy (non-hydrogen) atoms. The van der Waals surface area contributed by atoms with E-state index in [-0.39, 0.29) is 0 Å². The van der Waals surface area contributed by atoms with Gasteiger partial charge in [-0.25, -0.2) is 0 Å². The van der Waals surface area contributed by atoms with Gasteiger partial charge in [0.1, 0.15) is 12.5 Å². The lowest BCUT2D eigenvalue weighted by Gasteiger charge is -2.33. The van der Waals surface area contributed by atoms with Crippen LogP contribution in [0.3, 0.4) is 0 Å². The fourth-order valence-corrected chi connectivity index (χ4v) is 4.37. The van der Waals surface area contributed by atoms with Crippen molar-refractivity contribution < 1.29 is 9.53 Å². The van der Waals surface area contributed by atoms with E-state index in [0.29, 0.717) is 12.5 Å². The first kappa shape index (κ1) is 24.4. The van der Waals surface area contributed by atoms with Gasteiger partial charge in [-0.2, -0.15) is 5.26 Å². The Bertz CT molecular complexity index is 911. The Morgan fingerprint density at radius 1 is 1.26 bits per heavy atom. The molecule has 0 unspecified atom stereocenters. The third-order valence-electron chi connectivity index (χ3n) is 5.94. The van der Waals surface area contributed by atoms with Gasteiger partial charge in [-0.15, -0.1) is 0 Å². The van der Waals surface area contributed by atoms with E-state index in [0.717, 1.165) is 37.4 Å². The summed E-state index contributed by atoms with van der Waals surface area (Å²) in [6.45, 7) is 11.8. The first-order chi connectivity index (χ1) is 15.0. The molecule has 1 aromatic carbocycles. The molecule has 2 heterocycles. The number of piperidine rings is 1. The van der Waals surface area contributed by atoms with Crippen LogP contribution in [0.15, 0.2) is 36.0 Å². The van der Waals surface area contributed by atoms with Gasteiger partial charge in [0.15, 0.2) is 0 Å². The maximum absolute atomic E-state index is 9.13. The quantitative estimate of drug-likeness (QED) is 0.632. The Morgan fingerprint density at radius 2 is 1.97 bits per heavy atom. The summed E-state index contributed by atoms with van der Waals surface area (Å²) in [5.74, 6) is 0.904. The molecule has 0 atom stereocenters. The molecule has 0 amide bonds. The van der Waals surface area contributed by atoms with Gasteiger partial charge in [-0.05, 0) is 74.9 Å². The van der Waals surface area contributed by atoms with Crippen LogP contribution in [0.2, 0.25) is 0 Å². The van der Waals surface area contributed by atoms with Crippen LogP contribution in [-0.4, -0.2) is 43.0 Å². The molecule has 1 aliphatic rings. The summed E-state index contributed by atoms with van der Waals surface area (Å²) < 4.78 is 8.03. The number of rotatable bonds is 7. The maximum atomic E-state index is 9.13. The molecular formula is C26H35N3O2. The third-order valence-corrected chi connectivity index (χ3v) is 5.94. The van der Waals surface area contributed by atoms with Crippen molar-refractivity contribution in [2.75, 3.05) is 26.7 Å². The van der Waals surface area contributed by atoms with E-state index < -0.39 is 0 Å². The number of aromatic nitrogens is 1. The number of likely N-dealkylation sites (tertiary alicyclic amines) is 1. The van der Waals surface area contributed by atoms with Gasteiger partial charge in [0.25, 0.3) is 0 Å². The summed E-state index contributed by atoms with van der Waals surface area (Å²) in [4.78, 5) is 10.6. The summed E-state index contributed by atoms with van der Waals surface area (Å²) >= 11 is 0. The second-order valence-electron chi connectivity index (χ2n) is 8.27. The number of aryl methyl sites for hydroxylation is 1. The Morgan fingerprint density at radius 3 is 2.58 bits per heavy atom. The average molecular weight is 422 g/mol. The van der Waals surface area contributed by atoms with Crippen molar-refractivity contribution in [3.8, 4) is 11.8 Å². The van der Waals surface area contributed by atoms with E-state index in [1.165, 1.54) is 35.2 Å². The number of nitrogens with zero attached hydrogens (tertiary/aromatic N) is 3. The molecule has 0 aliphatic carbocycles. The first-order valence-corrected chi connectivity index (χ1v) is 10.9. The molecule has 0 saturated carbocycles. The van der Waals surface area contributed by atoms with Crippen molar-refractivity contribution in [2.45, 2.75) is 52.5 Å². The number of methoxy groups -OCH3 is 1. The largest absolute Gasteiger partial charge is 0.496 e. The highest BCUT2D eigenvalue weighted by atomic mass is 16.5. The number of carbonyl (C=O) groups excluding carboxylic acids is 1. The van der Waals surface area contributed by atoms with Crippen molar-refractivity contribution in [3.63, 3.8) is 0 Å². The molecule has 1 aromatic heterocycles. The lowest BCUT2D eigenvalue weighted by molar-refractivity contribution is -0.0979. The van der Waals surface area contributed by atoms with Crippen LogP contribution in [0.4, 0.5) is 0 Å². The number of hydrogen-bond donors (Lipinski definition) is 0. The van der Waals surface area contributed by atoms with Gasteiger partial charge in [-0.1, -0.05) is 17.7 Å². The van der Waals surface area contributed by atoms with Crippen LogP contribution < -0.4 is 4.74 Å². The second-order valence-corrected chi connectivity index (χ2v) is 8.27. The molecular weight excluding hydrogens is 386 g/mol. The number of hydrogen-bond acceptors (Lipinski definition) is 4. The lowest BCUT2D eigenvalue weighted by Crippen LogP contribution is -2.36. The Balaban J connectivity index is 0.00000166. The molecule has 0 N–H and O–H groups in total. The number of carbonyl (C=O) groups is 1. The van der Waals surface area contributed by atoms with Crippen molar-refractivity contribution in [1.29, 1.82) is 5.26 Å². The SMILES string of the molecule is C=O.COc1cccc(CC#N)c1CCN1CCC(n2ccc(C)c2C=C(C)C)CC1. The zero-order valence-corrected chi connectivity index (χ0v) is 19.4. The van der Waals surface area contributed by atoms with Crippen molar-refractivity contribution in [2.24, 2.45) is 0 Å². The zero-order valence-electron chi connectivity index (χ0n) is 19.4. The molecule has 166 valence electrons. The van der Waals surface area contributed by atoms with Gasteiger partial charge in [0.2, 0.25) is 0 Å². The van der Waals surface area contributed by atoms with Gasteiger partial charge >= 0.3 is 0 Å². The predicted octanol–water partition coefficient (Wildman–Crippen LogP) is 4.99. The van der Waals surface area contributed by atoms with Crippen LogP contribution in [-0.2, 0) is 17.6 Å². The standard InChI is InChI=1S/C25H33N3O.CH2O/c1-19(2)18-24-20(3)9-17-28(24)22-10-14-27(15-11-22)16-12-23-21(8-13-26)6-5-7-25(23)29-4;1-2/h5-7,9,17-18,22H,8,10-12,14-16H2,1-4H3;1H2. The van der Waals surface area contributed by atoms with Crippen LogP contribution in [0.5, 0.6) is 5.75 Å². The Labute approximate surface area is 186 Å². The highest BCUT2D eigenvalue weighted by Gasteiger charge is 2.22. The minimum absolute atomic E-state index is 0.439. The van der Waals surface area contributed by atoms with E-state index >= 15 is 0 Å². The van der Waals surface area contributed by atoms with Crippen LogP contribution in [0.1, 0.15) is 55.1 Å². The summed E-state index contributed by atoms with van der Waals surface area (Å²) in [5.41, 5.74) is 6.34. The smallest absolute Gasteiger partial charge is 0.122 e. The third kappa shape index (κ3) is 6.32. The molecule has 1 fully saturated rings. The molecule has 1 saturated heterocycles. The van der Waals surface area contributed by atoms with E-state index in [1.54, 1.807) is 7.11 Å². The lowest BCUT2D eigenvalue weighted by atomic mass is 9.99. The van der Waals surface area contributed by atoms with Gasteiger partial charge in [-0.3, -0.25) is 0 Å². The van der Waals surface area contributed by atoms with Crippen molar-refractivity contribution in [3.05, 3.63) is 58.4 Å². The summed E-state index contributed by atoms with van der Waals surface area (Å²) in [6, 6.07) is 11.1. The van der Waals surface area contributed by atoms with Gasteiger partial charge in [0, 0.05) is 37.6 Å². The van der Waals surface area contributed by atoms with Crippen LogP contribution in [0.25, 0.3) is 6.08 Å². The van der Waals surface area contributed by atoms with E-state index in [1.807, 2.05) is 25.0 Å². The second kappa shape index (κ2) is 12.1. The summed E-state index contributed by atoms with van der Waals surface area (Å²) in [6.07, 6.45) is 8.28. The van der Waals surface area contributed by atoms with Crippen molar-refractivity contribution >= 4 is 12.9 Å². The summed E-state index contributed by atoms with van der Waals surface area (Å²) in [7, 11) is 1.71. The van der Waals surface area contributed by atoms with Gasteiger partial charge in [0.05, 0.1) is 19.6 Å². The fourth-order valence-electron chi connectivity index (χ4n) is 4.37. The van der Waals surface area contributed by atoms with E-state index in [4.69, 9.17) is 14.8 Å². The van der Waals surface area contributed by atoms with Crippen LogP contribution >= 0.6 is 0 Å². The molecule has 0 spiro atoms. The molecule has 0 bridgehead atoms. The van der Waals surface area contributed by atoms with E-state index in [9.17, 15) is 0 Å². The highest BCUT2D eigenvalue weighted by molar-refractivity contribution is 5.53. The molecule has 3 rings (SSSR count). The Hall–Kier alpha value is -2.84. The number of allylic oxidation sites excluding steroid dienone is 1. The normalized spacial score (nSPS) is 14.3. The number of benzene rings is 1. The Kier molecular flexibility index (Phi) is 9.55. The molecule has 1 aliphatic heterocycles. The average Bonchev–Trinajstić information content (AvgIpc) is 3.14. The number of ether oxygens (including phenoxy) is 1. The predicted molar refractivity (Wildman–Crippen MR) is 126 cm³/mol. The number of nitriles is 1. The molecule has 5 heteroatoms.